The minimum atomic E-state index is -0.180. The van der Waals surface area contributed by atoms with Gasteiger partial charge in [0.05, 0.1) is 0 Å². The molecule has 1 aromatic carbocycles. The molecule has 0 saturated carbocycles. The van der Waals surface area contributed by atoms with Crippen molar-refractivity contribution >= 4 is 17.8 Å². The molecule has 0 aliphatic heterocycles. The average molecular weight is 280 g/mol. The third-order valence-electron chi connectivity index (χ3n) is 3.20. The molecule has 0 atom stereocenters. The highest BCUT2D eigenvalue weighted by Crippen LogP contribution is 2.15. The standard InChI is InChI=1S/C18H20N2O/c1-13(2)16-7-4-15(5-8-16)6-9-18(21)20-17-12-14(3)10-11-19-17/h4-13H,1-3H3,(H,19,20,21). The first-order valence-corrected chi connectivity index (χ1v) is 7.06. The van der Waals surface area contributed by atoms with E-state index in [2.05, 4.69) is 36.3 Å². The van der Waals surface area contributed by atoms with Gasteiger partial charge in [-0.05, 0) is 47.7 Å². The minimum Gasteiger partial charge on any atom is -0.307 e. The van der Waals surface area contributed by atoms with Crippen molar-refractivity contribution in [2.45, 2.75) is 26.7 Å². The van der Waals surface area contributed by atoms with Crippen molar-refractivity contribution < 1.29 is 4.79 Å². The maximum atomic E-state index is 11.8. The molecule has 0 aliphatic rings. The summed E-state index contributed by atoms with van der Waals surface area (Å²) >= 11 is 0. The summed E-state index contributed by atoms with van der Waals surface area (Å²) in [6.07, 6.45) is 5.00. The number of pyridine rings is 1. The predicted octanol–water partition coefficient (Wildman–Crippen LogP) is 4.17. The molecule has 21 heavy (non-hydrogen) atoms. The number of hydrogen-bond donors (Lipinski definition) is 1. The number of amides is 1. The van der Waals surface area contributed by atoms with Gasteiger partial charge in [0.1, 0.15) is 5.82 Å². The number of rotatable bonds is 4. The first-order chi connectivity index (χ1) is 10.0. The number of aromatic nitrogens is 1. The average Bonchev–Trinajstić information content (AvgIpc) is 2.45. The molecule has 108 valence electrons. The molecule has 0 radical (unpaired) electrons. The quantitative estimate of drug-likeness (QED) is 0.854. The van der Waals surface area contributed by atoms with E-state index in [0.717, 1.165) is 11.1 Å². The normalized spacial score (nSPS) is 11.0. The van der Waals surface area contributed by atoms with E-state index in [0.29, 0.717) is 11.7 Å². The molecule has 2 aromatic rings. The number of hydrogen-bond acceptors (Lipinski definition) is 2. The molecule has 1 aromatic heterocycles. The largest absolute Gasteiger partial charge is 0.307 e. The van der Waals surface area contributed by atoms with Crippen LogP contribution >= 0.6 is 0 Å². The molecule has 2 rings (SSSR count). The van der Waals surface area contributed by atoms with E-state index in [-0.39, 0.29) is 5.91 Å². The fraction of sp³-hybridized carbons (Fsp3) is 0.222. The number of nitrogens with one attached hydrogen (secondary N) is 1. The van der Waals surface area contributed by atoms with Crippen molar-refractivity contribution in [2.24, 2.45) is 0 Å². The Morgan fingerprint density at radius 1 is 1.19 bits per heavy atom. The molecular weight excluding hydrogens is 260 g/mol. The smallest absolute Gasteiger partial charge is 0.249 e. The number of aryl methyl sites for hydroxylation is 1. The van der Waals surface area contributed by atoms with Crippen LogP contribution < -0.4 is 5.32 Å². The third kappa shape index (κ3) is 4.56. The summed E-state index contributed by atoms with van der Waals surface area (Å²) in [4.78, 5) is 15.9. The monoisotopic (exact) mass is 280 g/mol. The Hall–Kier alpha value is -2.42. The third-order valence-corrected chi connectivity index (χ3v) is 3.20. The van der Waals surface area contributed by atoms with E-state index in [9.17, 15) is 4.79 Å². The first-order valence-electron chi connectivity index (χ1n) is 7.06. The molecule has 1 heterocycles. The Morgan fingerprint density at radius 3 is 2.52 bits per heavy atom. The van der Waals surface area contributed by atoms with Crippen LogP contribution in [-0.2, 0) is 4.79 Å². The molecule has 1 N–H and O–H groups in total. The fourth-order valence-corrected chi connectivity index (χ4v) is 1.94. The van der Waals surface area contributed by atoms with Gasteiger partial charge >= 0.3 is 0 Å². The van der Waals surface area contributed by atoms with E-state index < -0.39 is 0 Å². The lowest BCUT2D eigenvalue weighted by atomic mass is 10.0. The van der Waals surface area contributed by atoms with Crippen LogP contribution in [0.1, 0.15) is 36.5 Å². The van der Waals surface area contributed by atoms with Gasteiger partial charge in [0.2, 0.25) is 5.91 Å². The van der Waals surface area contributed by atoms with Crippen LogP contribution in [0.5, 0.6) is 0 Å². The van der Waals surface area contributed by atoms with Crippen molar-refractivity contribution in [1.82, 2.24) is 4.98 Å². The summed E-state index contributed by atoms with van der Waals surface area (Å²) in [6, 6.07) is 11.9. The summed E-state index contributed by atoms with van der Waals surface area (Å²) in [5, 5.41) is 2.75. The van der Waals surface area contributed by atoms with Gasteiger partial charge in [-0.2, -0.15) is 0 Å². The maximum absolute atomic E-state index is 11.8. The zero-order valence-corrected chi connectivity index (χ0v) is 12.6. The lowest BCUT2D eigenvalue weighted by Crippen LogP contribution is -2.09. The summed E-state index contributed by atoms with van der Waals surface area (Å²) in [5.41, 5.74) is 3.36. The molecule has 0 aliphatic carbocycles. The lowest BCUT2D eigenvalue weighted by Gasteiger charge is -2.04. The summed E-state index contributed by atoms with van der Waals surface area (Å²) in [5.74, 6) is 0.902. The SMILES string of the molecule is Cc1ccnc(NC(=O)C=Cc2ccc(C(C)C)cc2)c1. The van der Waals surface area contributed by atoms with E-state index in [4.69, 9.17) is 0 Å². The molecule has 0 saturated heterocycles. The Kier molecular flexibility index (Phi) is 4.88. The van der Waals surface area contributed by atoms with Gasteiger partial charge in [0.15, 0.2) is 0 Å². The lowest BCUT2D eigenvalue weighted by molar-refractivity contribution is -0.111. The number of carbonyl (C=O) groups excluding carboxylic acids is 1. The second-order valence-corrected chi connectivity index (χ2v) is 5.36. The fourth-order valence-electron chi connectivity index (χ4n) is 1.94. The van der Waals surface area contributed by atoms with E-state index >= 15 is 0 Å². The van der Waals surface area contributed by atoms with Gasteiger partial charge in [-0.3, -0.25) is 4.79 Å². The summed E-state index contributed by atoms with van der Waals surface area (Å²) in [6.45, 7) is 6.28. The zero-order valence-electron chi connectivity index (χ0n) is 12.6. The summed E-state index contributed by atoms with van der Waals surface area (Å²) < 4.78 is 0. The van der Waals surface area contributed by atoms with Crippen molar-refractivity contribution in [3.63, 3.8) is 0 Å². The molecule has 0 unspecified atom stereocenters. The topological polar surface area (TPSA) is 42.0 Å². The van der Waals surface area contributed by atoms with Gasteiger partial charge in [-0.1, -0.05) is 38.1 Å². The highest BCUT2D eigenvalue weighted by molar-refractivity contribution is 6.01. The molecule has 0 fully saturated rings. The minimum absolute atomic E-state index is 0.180. The van der Waals surface area contributed by atoms with Crippen molar-refractivity contribution in [3.8, 4) is 0 Å². The predicted molar refractivity (Wildman–Crippen MR) is 87.2 cm³/mol. The van der Waals surface area contributed by atoms with Crippen LogP contribution in [-0.4, -0.2) is 10.9 Å². The van der Waals surface area contributed by atoms with Crippen LogP contribution in [0.3, 0.4) is 0 Å². The van der Waals surface area contributed by atoms with Gasteiger partial charge in [-0.15, -0.1) is 0 Å². The summed E-state index contributed by atoms with van der Waals surface area (Å²) in [7, 11) is 0. The van der Waals surface area contributed by atoms with Gasteiger partial charge < -0.3 is 5.32 Å². The second kappa shape index (κ2) is 6.84. The van der Waals surface area contributed by atoms with Gasteiger partial charge in [0, 0.05) is 12.3 Å². The van der Waals surface area contributed by atoms with Gasteiger partial charge in [0.25, 0.3) is 0 Å². The zero-order chi connectivity index (χ0) is 15.2. The second-order valence-electron chi connectivity index (χ2n) is 5.36. The highest BCUT2D eigenvalue weighted by Gasteiger charge is 2.00. The van der Waals surface area contributed by atoms with E-state index in [1.807, 2.05) is 31.2 Å². The Bertz CT molecular complexity index is 643. The van der Waals surface area contributed by atoms with Crippen molar-refractivity contribution in [2.75, 3.05) is 5.32 Å². The highest BCUT2D eigenvalue weighted by atomic mass is 16.1. The van der Waals surface area contributed by atoms with Crippen LogP contribution in [0.4, 0.5) is 5.82 Å². The van der Waals surface area contributed by atoms with E-state index in [1.165, 1.54) is 11.6 Å². The van der Waals surface area contributed by atoms with E-state index in [1.54, 1.807) is 12.3 Å². The molecule has 3 heteroatoms. The molecule has 1 amide bonds. The van der Waals surface area contributed by atoms with Crippen LogP contribution in [0, 0.1) is 6.92 Å². The van der Waals surface area contributed by atoms with Crippen molar-refractivity contribution in [1.29, 1.82) is 0 Å². The maximum Gasteiger partial charge on any atom is 0.249 e. The Morgan fingerprint density at radius 2 is 1.90 bits per heavy atom. The van der Waals surface area contributed by atoms with Gasteiger partial charge in [-0.25, -0.2) is 4.98 Å². The number of benzene rings is 1. The molecule has 3 nitrogen and oxygen atoms in total. The number of carbonyl (C=O) groups is 1. The van der Waals surface area contributed by atoms with Crippen molar-refractivity contribution in [3.05, 3.63) is 65.4 Å². The number of nitrogens with zero attached hydrogens (tertiary/aromatic N) is 1. The van der Waals surface area contributed by atoms with Crippen LogP contribution in [0.15, 0.2) is 48.7 Å². The number of anilines is 1. The first kappa shape index (κ1) is 15.0. The van der Waals surface area contributed by atoms with Crippen LogP contribution in [0.25, 0.3) is 6.08 Å². The molecular formula is C18H20N2O. The van der Waals surface area contributed by atoms with Crippen LogP contribution in [0.2, 0.25) is 0 Å². The Balaban J connectivity index is 1.98. The molecule has 0 bridgehead atoms. The molecule has 0 spiro atoms. The Labute approximate surface area is 125 Å².